The molecule has 0 saturated carbocycles. The third kappa shape index (κ3) is 7.38. The average Bonchev–Trinajstić information content (AvgIpc) is 2.82. The van der Waals surface area contributed by atoms with Gasteiger partial charge in [0.1, 0.15) is 24.0 Å². The summed E-state index contributed by atoms with van der Waals surface area (Å²) in [5.41, 5.74) is 1.95. The van der Waals surface area contributed by atoms with Crippen molar-refractivity contribution < 1.29 is 19.0 Å². The van der Waals surface area contributed by atoms with E-state index in [1.807, 2.05) is 44.2 Å². The van der Waals surface area contributed by atoms with Crippen molar-refractivity contribution in [2.45, 2.75) is 26.6 Å². The van der Waals surface area contributed by atoms with E-state index in [0.717, 1.165) is 9.13 Å². The Morgan fingerprint density at radius 3 is 2.63 bits per heavy atom. The smallest absolute Gasteiger partial charge is 0.266 e. The van der Waals surface area contributed by atoms with Crippen LogP contribution in [0.1, 0.15) is 25.0 Å². The number of methoxy groups -OCH3 is 1. The number of nitrogens with one attached hydrogen (secondary N) is 1. The number of ether oxygens (including phenoxy) is 3. The van der Waals surface area contributed by atoms with Gasteiger partial charge < -0.3 is 19.5 Å². The van der Waals surface area contributed by atoms with E-state index in [2.05, 4.69) is 27.9 Å². The van der Waals surface area contributed by atoms with Gasteiger partial charge >= 0.3 is 0 Å². The van der Waals surface area contributed by atoms with Crippen LogP contribution in [0.25, 0.3) is 6.08 Å². The second-order valence-electron chi connectivity index (χ2n) is 7.73. The number of carbonyl (C=O) groups excluding carboxylic acids is 1. The molecule has 8 heteroatoms. The van der Waals surface area contributed by atoms with Crippen molar-refractivity contribution in [3.8, 4) is 23.3 Å². The Labute approximate surface area is 223 Å². The molecule has 0 fully saturated rings. The van der Waals surface area contributed by atoms with Crippen molar-refractivity contribution in [2.75, 3.05) is 12.4 Å². The lowest BCUT2D eigenvalue weighted by Gasteiger charge is -2.14. The SMILES string of the molecule is COc1cc(/C=C(/C#N)C(=O)Nc2cccc(OC(C)C)c2)cc(I)c1OCc1ccccc1Cl. The van der Waals surface area contributed by atoms with Gasteiger partial charge in [0.2, 0.25) is 0 Å². The Morgan fingerprint density at radius 2 is 1.94 bits per heavy atom. The normalized spacial score (nSPS) is 11.1. The minimum absolute atomic E-state index is 0.00426. The number of hydrogen-bond acceptors (Lipinski definition) is 5. The monoisotopic (exact) mass is 602 g/mol. The maximum Gasteiger partial charge on any atom is 0.266 e. The van der Waals surface area contributed by atoms with Gasteiger partial charge in [-0.1, -0.05) is 35.9 Å². The molecule has 0 aliphatic rings. The quantitative estimate of drug-likeness (QED) is 0.164. The largest absolute Gasteiger partial charge is 0.493 e. The predicted molar refractivity (Wildman–Crippen MR) is 146 cm³/mol. The van der Waals surface area contributed by atoms with Crippen LogP contribution in [-0.4, -0.2) is 19.1 Å². The molecule has 1 N–H and O–H groups in total. The van der Waals surface area contributed by atoms with Crippen LogP contribution in [0.3, 0.4) is 0 Å². The molecule has 0 radical (unpaired) electrons. The molecule has 0 atom stereocenters. The highest BCUT2D eigenvalue weighted by Crippen LogP contribution is 2.35. The standard InChI is InChI=1S/C27H24ClIN2O4/c1-17(2)35-22-9-6-8-21(14-22)31-27(32)20(15-30)11-18-12-24(29)26(25(13-18)33-3)34-16-19-7-4-5-10-23(19)28/h4-14,17H,16H2,1-3H3,(H,31,32)/b20-11-. The topological polar surface area (TPSA) is 80.6 Å². The maximum atomic E-state index is 12.8. The molecule has 6 nitrogen and oxygen atoms in total. The van der Waals surface area contributed by atoms with E-state index in [1.54, 1.807) is 36.4 Å². The Kier molecular flexibility index (Phi) is 9.40. The molecular weight excluding hydrogens is 579 g/mol. The molecule has 180 valence electrons. The van der Waals surface area contributed by atoms with Crippen LogP contribution in [0.4, 0.5) is 5.69 Å². The molecule has 0 spiro atoms. The second-order valence-corrected chi connectivity index (χ2v) is 9.30. The fourth-order valence-electron chi connectivity index (χ4n) is 3.16. The molecule has 0 aliphatic heterocycles. The molecule has 1 amide bonds. The van der Waals surface area contributed by atoms with E-state index in [1.165, 1.54) is 13.2 Å². The summed E-state index contributed by atoms with van der Waals surface area (Å²) in [5, 5.41) is 13.0. The number of rotatable bonds is 9. The van der Waals surface area contributed by atoms with Crippen molar-refractivity contribution in [3.05, 3.63) is 86.0 Å². The molecule has 0 bridgehead atoms. The van der Waals surface area contributed by atoms with Crippen LogP contribution < -0.4 is 19.5 Å². The summed E-state index contributed by atoms with van der Waals surface area (Å²) in [6.45, 7) is 4.11. The number of amides is 1. The number of benzene rings is 3. The van der Waals surface area contributed by atoms with Crippen LogP contribution in [0, 0.1) is 14.9 Å². The minimum atomic E-state index is -0.526. The Balaban J connectivity index is 1.80. The van der Waals surface area contributed by atoms with Crippen molar-refractivity contribution in [3.63, 3.8) is 0 Å². The van der Waals surface area contributed by atoms with Gasteiger partial charge in [-0.25, -0.2) is 0 Å². The molecule has 35 heavy (non-hydrogen) atoms. The fourth-order valence-corrected chi connectivity index (χ4v) is 4.13. The lowest BCUT2D eigenvalue weighted by Crippen LogP contribution is -2.14. The van der Waals surface area contributed by atoms with Gasteiger partial charge in [-0.3, -0.25) is 4.79 Å². The van der Waals surface area contributed by atoms with Crippen LogP contribution in [0.5, 0.6) is 17.2 Å². The molecule has 0 unspecified atom stereocenters. The van der Waals surface area contributed by atoms with Gasteiger partial charge in [0.25, 0.3) is 5.91 Å². The Hall–Kier alpha value is -3.22. The van der Waals surface area contributed by atoms with Crippen molar-refractivity contribution in [1.82, 2.24) is 0 Å². The fraction of sp³-hybridized carbons (Fsp3) is 0.185. The highest BCUT2D eigenvalue weighted by Gasteiger charge is 2.15. The first-order valence-corrected chi connectivity index (χ1v) is 12.2. The number of carbonyl (C=O) groups is 1. The predicted octanol–water partition coefficient (Wildman–Crippen LogP) is 6.87. The van der Waals surface area contributed by atoms with Gasteiger partial charge in [0.05, 0.1) is 16.8 Å². The van der Waals surface area contributed by atoms with E-state index < -0.39 is 5.91 Å². The van der Waals surface area contributed by atoms with Crippen LogP contribution in [0.2, 0.25) is 5.02 Å². The highest BCUT2D eigenvalue weighted by atomic mass is 127. The Bertz CT molecular complexity index is 1280. The van der Waals surface area contributed by atoms with E-state index in [9.17, 15) is 10.1 Å². The number of anilines is 1. The zero-order valence-corrected chi connectivity index (χ0v) is 22.4. The molecule has 0 aromatic heterocycles. The summed E-state index contributed by atoms with van der Waals surface area (Å²) >= 11 is 8.35. The third-order valence-corrected chi connectivity index (χ3v) is 5.89. The van der Waals surface area contributed by atoms with Crippen LogP contribution >= 0.6 is 34.2 Å². The number of nitrogens with zero attached hydrogens (tertiary/aromatic N) is 1. The van der Waals surface area contributed by atoms with E-state index in [-0.39, 0.29) is 18.3 Å². The summed E-state index contributed by atoms with van der Waals surface area (Å²) < 4.78 is 17.9. The lowest BCUT2D eigenvalue weighted by molar-refractivity contribution is -0.112. The summed E-state index contributed by atoms with van der Waals surface area (Å²) in [7, 11) is 1.53. The lowest BCUT2D eigenvalue weighted by atomic mass is 10.1. The summed E-state index contributed by atoms with van der Waals surface area (Å²) in [6, 6.07) is 20.0. The van der Waals surface area contributed by atoms with Crippen molar-refractivity contribution >= 4 is 51.9 Å². The van der Waals surface area contributed by atoms with E-state index in [4.69, 9.17) is 25.8 Å². The number of hydrogen-bond donors (Lipinski definition) is 1. The first-order valence-electron chi connectivity index (χ1n) is 10.7. The minimum Gasteiger partial charge on any atom is -0.493 e. The van der Waals surface area contributed by atoms with Crippen LogP contribution in [-0.2, 0) is 11.4 Å². The van der Waals surface area contributed by atoms with Crippen molar-refractivity contribution in [1.29, 1.82) is 5.26 Å². The molecule has 0 aliphatic carbocycles. The molecule has 0 heterocycles. The van der Waals surface area contributed by atoms with E-state index >= 15 is 0 Å². The molecular formula is C27H24ClIN2O4. The summed E-state index contributed by atoms with van der Waals surface area (Å²) in [4.78, 5) is 12.8. The van der Waals surface area contributed by atoms with Gasteiger partial charge in [0.15, 0.2) is 11.5 Å². The van der Waals surface area contributed by atoms with Gasteiger partial charge in [-0.15, -0.1) is 0 Å². The second kappa shape index (κ2) is 12.5. The first kappa shape index (κ1) is 26.4. The average molecular weight is 603 g/mol. The van der Waals surface area contributed by atoms with Crippen LogP contribution in [0.15, 0.2) is 66.2 Å². The number of nitriles is 1. The molecule has 3 aromatic rings. The third-order valence-electron chi connectivity index (χ3n) is 4.72. The maximum absolute atomic E-state index is 12.8. The zero-order chi connectivity index (χ0) is 25.4. The molecule has 0 saturated heterocycles. The van der Waals surface area contributed by atoms with Gasteiger partial charge in [-0.2, -0.15) is 5.26 Å². The van der Waals surface area contributed by atoms with Gasteiger partial charge in [0, 0.05) is 22.3 Å². The van der Waals surface area contributed by atoms with Gasteiger partial charge in [-0.05, 0) is 78.4 Å². The summed E-state index contributed by atoms with van der Waals surface area (Å²) in [5.74, 6) is 1.13. The summed E-state index contributed by atoms with van der Waals surface area (Å²) in [6.07, 6.45) is 1.51. The Morgan fingerprint density at radius 1 is 1.17 bits per heavy atom. The van der Waals surface area contributed by atoms with E-state index in [0.29, 0.717) is 33.5 Å². The first-order chi connectivity index (χ1) is 16.8. The number of halogens is 2. The zero-order valence-electron chi connectivity index (χ0n) is 19.5. The highest BCUT2D eigenvalue weighted by molar-refractivity contribution is 14.1. The van der Waals surface area contributed by atoms with Crippen molar-refractivity contribution in [2.24, 2.45) is 0 Å². The molecule has 3 rings (SSSR count). The molecule has 3 aromatic carbocycles.